The van der Waals surface area contributed by atoms with E-state index in [2.05, 4.69) is 37.8 Å². The molecule has 0 unspecified atom stereocenters. The van der Waals surface area contributed by atoms with Gasteiger partial charge in [0.05, 0.1) is 26.4 Å². The van der Waals surface area contributed by atoms with Crippen LogP contribution in [0.25, 0.3) is 0 Å². The van der Waals surface area contributed by atoms with Gasteiger partial charge in [-0.3, -0.25) is 0 Å². The van der Waals surface area contributed by atoms with Crippen LogP contribution in [0.15, 0.2) is 24.3 Å². The van der Waals surface area contributed by atoms with Crippen molar-refractivity contribution in [3.63, 3.8) is 0 Å². The SMILES string of the molecule is CCCCCCCCNc1nc(NCCOCCOCCN)nc(NCc2ccc(F)cc2)n1. The van der Waals surface area contributed by atoms with Crippen LogP contribution in [0.3, 0.4) is 0 Å². The molecule has 2 rings (SSSR count). The van der Waals surface area contributed by atoms with E-state index in [1.807, 2.05) is 0 Å². The Morgan fingerprint density at radius 2 is 1.32 bits per heavy atom. The third-order valence-electron chi connectivity index (χ3n) is 4.98. The Morgan fingerprint density at radius 1 is 0.735 bits per heavy atom. The molecule has 2 aromatic rings. The molecule has 34 heavy (non-hydrogen) atoms. The van der Waals surface area contributed by atoms with E-state index in [9.17, 15) is 4.39 Å². The standard InChI is InChI=1S/C24H40FN7O2/c1-2-3-4-5-6-7-13-27-22-30-23(28-14-16-34-18-17-33-15-12-26)32-24(31-22)29-19-20-8-10-21(25)11-9-20/h8-11H,2-7,12-19,26H2,1H3,(H3,27,28,29,30,31,32). The first kappa shape index (κ1) is 27.7. The van der Waals surface area contributed by atoms with Gasteiger partial charge in [0.25, 0.3) is 0 Å². The van der Waals surface area contributed by atoms with Crippen molar-refractivity contribution in [1.82, 2.24) is 15.0 Å². The normalized spacial score (nSPS) is 10.9. The molecule has 0 amide bonds. The van der Waals surface area contributed by atoms with Crippen molar-refractivity contribution in [2.75, 3.05) is 62.0 Å². The fraction of sp³-hybridized carbons (Fsp3) is 0.625. The smallest absolute Gasteiger partial charge is 0.229 e. The van der Waals surface area contributed by atoms with Gasteiger partial charge in [0.2, 0.25) is 17.8 Å². The van der Waals surface area contributed by atoms with Gasteiger partial charge in [-0.05, 0) is 24.1 Å². The summed E-state index contributed by atoms with van der Waals surface area (Å²) in [5, 5.41) is 9.68. The Hall–Kier alpha value is -2.56. The lowest BCUT2D eigenvalue weighted by molar-refractivity contribution is 0.0547. The molecule has 0 atom stereocenters. The zero-order chi connectivity index (χ0) is 24.3. The van der Waals surface area contributed by atoms with Crippen molar-refractivity contribution in [3.05, 3.63) is 35.6 Å². The maximum absolute atomic E-state index is 13.1. The van der Waals surface area contributed by atoms with E-state index in [4.69, 9.17) is 15.2 Å². The van der Waals surface area contributed by atoms with Crippen LogP contribution in [0, 0.1) is 5.82 Å². The Labute approximate surface area is 202 Å². The van der Waals surface area contributed by atoms with Crippen molar-refractivity contribution in [2.45, 2.75) is 52.0 Å². The second-order valence-electron chi connectivity index (χ2n) is 7.92. The second-order valence-corrected chi connectivity index (χ2v) is 7.92. The van der Waals surface area contributed by atoms with Crippen molar-refractivity contribution in [3.8, 4) is 0 Å². The lowest BCUT2D eigenvalue weighted by Gasteiger charge is -2.12. The maximum atomic E-state index is 13.1. The highest BCUT2D eigenvalue weighted by Crippen LogP contribution is 2.12. The van der Waals surface area contributed by atoms with Gasteiger partial charge >= 0.3 is 0 Å². The zero-order valence-electron chi connectivity index (χ0n) is 20.3. The van der Waals surface area contributed by atoms with Crippen molar-refractivity contribution < 1.29 is 13.9 Å². The molecule has 1 aromatic heterocycles. The summed E-state index contributed by atoms with van der Waals surface area (Å²) in [5.74, 6) is 1.17. The minimum Gasteiger partial charge on any atom is -0.378 e. The molecule has 1 aromatic carbocycles. The average molecular weight is 478 g/mol. The van der Waals surface area contributed by atoms with E-state index < -0.39 is 0 Å². The van der Waals surface area contributed by atoms with Crippen LogP contribution >= 0.6 is 0 Å². The molecule has 0 aliphatic heterocycles. The fourth-order valence-corrected chi connectivity index (χ4v) is 3.14. The molecule has 0 aliphatic carbocycles. The van der Waals surface area contributed by atoms with Gasteiger partial charge < -0.3 is 31.2 Å². The van der Waals surface area contributed by atoms with E-state index >= 15 is 0 Å². The molecule has 1 heterocycles. The highest BCUT2D eigenvalue weighted by atomic mass is 19.1. The van der Waals surface area contributed by atoms with Gasteiger partial charge in [-0.2, -0.15) is 15.0 Å². The summed E-state index contributed by atoms with van der Waals surface area (Å²) in [4.78, 5) is 13.4. The summed E-state index contributed by atoms with van der Waals surface area (Å²) >= 11 is 0. The van der Waals surface area contributed by atoms with Crippen molar-refractivity contribution in [2.24, 2.45) is 5.73 Å². The minimum atomic E-state index is -0.260. The molecule has 0 saturated carbocycles. The van der Waals surface area contributed by atoms with Crippen molar-refractivity contribution >= 4 is 17.8 Å². The number of nitrogens with two attached hydrogens (primary N) is 1. The average Bonchev–Trinajstić information content (AvgIpc) is 2.85. The first-order valence-corrected chi connectivity index (χ1v) is 12.3. The predicted octanol–water partition coefficient (Wildman–Crippen LogP) is 3.80. The second kappa shape index (κ2) is 17.9. The number of hydrogen-bond donors (Lipinski definition) is 4. The molecule has 0 aliphatic rings. The van der Waals surface area contributed by atoms with Crippen LogP contribution in [-0.2, 0) is 16.0 Å². The van der Waals surface area contributed by atoms with Gasteiger partial charge in [0.15, 0.2) is 0 Å². The molecule has 9 nitrogen and oxygen atoms in total. The summed E-state index contributed by atoms with van der Waals surface area (Å²) in [6.07, 6.45) is 7.33. The van der Waals surface area contributed by atoms with E-state index in [0.29, 0.717) is 63.9 Å². The summed E-state index contributed by atoms with van der Waals surface area (Å²) in [6.45, 7) is 6.63. The number of nitrogens with one attached hydrogen (secondary N) is 3. The maximum Gasteiger partial charge on any atom is 0.229 e. The Balaban J connectivity index is 1.84. The number of nitrogens with zero attached hydrogens (tertiary/aromatic N) is 3. The number of rotatable bonds is 20. The summed E-state index contributed by atoms with van der Waals surface area (Å²) in [6, 6.07) is 6.34. The zero-order valence-corrected chi connectivity index (χ0v) is 20.3. The molecule has 0 bridgehead atoms. The Bertz CT molecular complexity index is 780. The van der Waals surface area contributed by atoms with Crippen LogP contribution in [0.1, 0.15) is 51.0 Å². The van der Waals surface area contributed by atoms with Gasteiger partial charge in [-0.15, -0.1) is 0 Å². The predicted molar refractivity (Wildman–Crippen MR) is 135 cm³/mol. The lowest BCUT2D eigenvalue weighted by Crippen LogP contribution is -2.17. The number of anilines is 3. The minimum absolute atomic E-state index is 0.260. The van der Waals surface area contributed by atoms with E-state index in [1.54, 1.807) is 12.1 Å². The Morgan fingerprint density at radius 3 is 2.00 bits per heavy atom. The molecule has 0 saturated heterocycles. The molecule has 5 N–H and O–H groups in total. The molecule has 0 fully saturated rings. The third kappa shape index (κ3) is 12.6. The molecule has 0 radical (unpaired) electrons. The number of benzene rings is 1. The molecule has 10 heteroatoms. The monoisotopic (exact) mass is 477 g/mol. The molecule has 190 valence electrons. The number of aromatic nitrogens is 3. The molecular formula is C24H40FN7O2. The van der Waals surface area contributed by atoms with Gasteiger partial charge in [0, 0.05) is 26.2 Å². The van der Waals surface area contributed by atoms with Crippen LogP contribution in [0.5, 0.6) is 0 Å². The number of unbranched alkanes of at least 4 members (excludes halogenated alkanes) is 5. The summed E-state index contributed by atoms with van der Waals surface area (Å²) in [5.41, 5.74) is 6.32. The molecule has 0 spiro atoms. The van der Waals surface area contributed by atoms with E-state index in [-0.39, 0.29) is 5.82 Å². The van der Waals surface area contributed by atoms with Crippen LogP contribution in [-0.4, -0.2) is 61.0 Å². The van der Waals surface area contributed by atoms with E-state index in [1.165, 1.54) is 44.2 Å². The van der Waals surface area contributed by atoms with Gasteiger partial charge in [-0.25, -0.2) is 4.39 Å². The van der Waals surface area contributed by atoms with E-state index in [0.717, 1.165) is 18.5 Å². The first-order valence-electron chi connectivity index (χ1n) is 12.3. The number of ether oxygens (including phenoxy) is 2. The quantitative estimate of drug-likeness (QED) is 0.211. The largest absolute Gasteiger partial charge is 0.378 e. The highest BCUT2D eigenvalue weighted by Gasteiger charge is 2.07. The first-order chi connectivity index (χ1) is 16.7. The molecular weight excluding hydrogens is 437 g/mol. The van der Waals surface area contributed by atoms with Crippen LogP contribution < -0.4 is 21.7 Å². The lowest BCUT2D eigenvalue weighted by atomic mass is 10.1. The van der Waals surface area contributed by atoms with Crippen molar-refractivity contribution in [1.29, 1.82) is 0 Å². The Kier molecular flexibility index (Phi) is 14.5. The van der Waals surface area contributed by atoms with Crippen LogP contribution in [0.2, 0.25) is 0 Å². The highest BCUT2D eigenvalue weighted by molar-refractivity contribution is 5.42. The van der Waals surface area contributed by atoms with Crippen LogP contribution in [0.4, 0.5) is 22.2 Å². The fourth-order valence-electron chi connectivity index (χ4n) is 3.14. The number of hydrogen-bond acceptors (Lipinski definition) is 9. The third-order valence-corrected chi connectivity index (χ3v) is 4.98. The number of halogens is 1. The summed E-state index contributed by atoms with van der Waals surface area (Å²) < 4.78 is 24.0. The topological polar surface area (TPSA) is 119 Å². The summed E-state index contributed by atoms with van der Waals surface area (Å²) in [7, 11) is 0. The van der Waals surface area contributed by atoms with Gasteiger partial charge in [0.1, 0.15) is 5.82 Å². The van der Waals surface area contributed by atoms with Gasteiger partial charge in [-0.1, -0.05) is 51.2 Å².